The predicted octanol–water partition coefficient (Wildman–Crippen LogP) is 1.49. The topological polar surface area (TPSA) is 26.3 Å². The van der Waals surface area contributed by atoms with Crippen molar-refractivity contribution in [2.45, 2.75) is 21.3 Å². The maximum Gasteiger partial charge on any atom is 0.160 e. The van der Waals surface area contributed by atoms with E-state index in [-0.39, 0.29) is 25.7 Å². The minimum atomic E-state index is 0. The lowest BCUT2D eigenvalue weighted by Gasteiger charge is -1.99. The molecule has 2 nitrogen and oxygen atoms in total. The Kier molecular flexibility index (Phi) is 7.32. The van der Waals surface area contributed by atoms with Crippen LogP contribution in [0.2, 0.25) is 0 Å². The Hall–Kier alpha value is -0.370. The number of methoxy groups -OCH3 is 1. The van der Waals surface area contributed by atoms with E-state index < -0.39 is 0 Å². The third-order valence-electron chi connectivity index (χ3n) is 0.931. The molecule has 0 aromatic carbocycles. The molecule has 2 heteroatoms. The van der Waals surface area contributed by atoms with Crippen LogP contribution in [0, 0.1) is 5.92 Å². The number of ketones is 1. The summed E-state index contributed by atoms with van der Waals surface area (Å²) in [6.07, 6.45) is 0. The molecule has 0 saturated heterocycles. The average molecular weight is 132 g/mol. The van der Waals surface area contributed by atoms with Crippen LogP contribution in [0.15, 0.2) is 0 Å². The molecule has 0 rings (SSSR count). The molecule has 9 heavy (non-hydrogen) atoms. The fourth-order valence-corrected chi connectivity index (χ4v) is 0.309. The Balaban J connectivity index is 0. The fraction of sp³-hybridized carbons (Fsp3) is 0.857. The van der Waals surface area contributed by atoms with Crippen LogP contribution in [0.4, 0.5) is 0 Å². The molecular weight excluding hydrogens is 116 g/mol. The molecule has 0 radical (unpaired) electrons. The second kappa shape index (κ2) is 5.76. The van der Waals surface area contributed by atoms with E-state index in [9.17, 15) is 4.79 Å². The van der Waals surface area contributed by atoms with Crippen LogP contribution in [0.1, 0.15) is 21.3 Å². The highest BCUT2D eigenvalue weighted by atomic mass is 16.5. The molecule has 0 aliphatic carbocycles. The van der Waals surface area contributed by atoms with Crippen molar-refractivity contribution >= 4 is 5.78 Å². The summed E-state index contributed by atoms with van der Waals surface area (Å²) in [4.78, 5) is 10.6. The molecule has 0 bridgehead atoms. The largest absolute Gasteiger partial charge is 0.377 e. The van der Waals surface area contributed by atoms with Gasteiger partial charge in [-0.1, -0.05) is 21.3 Å². The first kappa shape index (κ1) is 11.4. The van der Waals surface area contributed by atoms with E-state index in [1.165, 1.54) is 7.11 Å². The van der Waals surface area contributed by atoms with E-state index in [0.717, 1.165) is 0 Å². The lowest BCUT2D eigenvalue weighted by atomic mass is 10.1. The molecule has 0 fully saturated rings. The molecule has 0 unspecified atom stereocenters. The standard InChI is InChI=1S/C6H12O2.CH4/c1-5(2)6(7)4-8-3;/h5H,4H2,1-3H3;1H4. The smallest absolute Gasteiger partial charge is 0.160 e. The number of rotatable bonds is 3. The van der Waals surface area contributed by atoms with E-state index >= 15 is 0 Å². The van der Waals surface area contributed by atoms with Crippen LogP contribution in [0.25, 0.3) is 0 Å². The molecule has 0 aliphatic heterocycles. The second-order valence-corrected chi connectivity index (χ2v) is 2.05. The average Bonchev–Trinajstić information content (AvgIpc) is 1.67. The zero-order valence-electron chi connectivity index (χ0n) is 5.60. The van der Waals surface area contributed by atoms with Crippen molar-refractivity contribution in [1.29, 1.82) is 0 Å². The van der Waals surface area contributed by atoms with Crippen molar-refractivity contribution in [1.82, 2.24) is 0 Å². The third-order valence-corrected chi connectivity index (χ3v) is 0.931. The van der Waals surface area contributed by atoms with Crippen LogP contribution >= 0.6 is 0 Å². The van der Waals surface area contributed by atoms with E-state index in [4.69, 9.17) is 0 Å². The van der Waals surface area contributed by atoms with Crippen molar-refractivity contribution in [2.24, 2.45) is 5.92 Å². The number of carbonyl (C=O) groups excluding carboxylic acids is 1. The Morgan fingerprint density at radius 2 is 2.00 bits per heavy atom. The van der Waals surface area contributed by atoms with Gasteiger partial charge in [0, 0.05) is 13.0 Å². The number of carbonyl (C=O) groups is 1. The Bertz CT molecular complexity index is 77.0. The van der Waals surface area contributed by atoms with Crippen molar-refractivity contribution in [3.05, 3.63) is 0 Å². The summed E-state index contributed by atoms with van der Waals surface area (Å²) in [5.41, 5.74) is 0. The summed E-state index contributed by atoms with van der Waals surface area (Å²) < 4.78 is 4.62. The first-order valence-corrected chi connectivity index (χ1v) is 2.70. The van der Waals surface area contributed by atoms with Crippen LogP contribution in [0.3, 0.4) is 0 Å². The van der Waals surface area contributed by atoms with E-state index in [0.29, 0.717) is 0 Å². The monoisotopic (exact) mass is 132 g/mol. The van der Waals surface area contributed by atoms with Crippen molar-refractivity contribution < 1.29 is 9.53 Å². The number of hydrogen-bond donors (Lipinski definition) is 0. The summed E-state index contributed by atoms with van der Waals surface area (Å²) in [5.74, 6) is 0.266. The summed E-state index contributed by atoms with van der Waals surface area (Å²) in [6, 6.07) is 0. The molecule has 0 aliphatic rings. The quantitative estimate of drug-likeness (QED) is 0.581. The van der Waals surface area contributed by atoms with Gasteiger partial charge in [-0.05, 0) is 0 Å². The molecule has 56 valence electrons. The lowest BCUT2D eigenvalue weighted by molar-refractivity contribution is -0.125. The first-order chi connectivity index (χ1) is 3.68. The second-order valence-electron chi connectivity index (χ2n) is 2.05. The van der Waals surface area contributed by atoms with Gasteiger partial charge in [0.2, 0.25) is 0 Å². The molecule has 0 saturated carbocycles. The molecule has 0 heterocycles. The van der Waals surface area contributed by atoms with Gasteiger partial charge in [-0.15, -0.1) is 0 Å². The molecule has 0 atom stereocenters. The molecular formula is C7H16O2. The van der Waals surface area contributed by atoms with Crippen LogP contribution < -0.4 is 0 Å². The maximum atomic E-state index is 10.6. The van der Waals surface area contributed by atoms with Crippen LogP contribution in [-0.4, -0.2) is 19.5 Å². The van der Waals surface area contributed by atoms with Crippen LogP contribution in [0.5, 0.6) is 0 Å². The highest BCUT2D eigenvalue weighted by Gasteiger charge is 2.04. The van der Waals surface area contributed by atoms with E-state index in [1.54, 1.807) is 0 Å². The van der Waals surface area contributed by atoms with Crippen LogP contribution in [-0.2, 0) is 9.53 Å². The zero-order chi connectivity index (χ0) is 6.57. The van der Waals surface area contributed by atoms with Crippen molar-refractivity contribution in [3.8, 4) is 0 Å². The molecule has 0 aromatic rings. The Morgan fingerprint density at radius 1 is 1.56 bits per heavy atom. The molecule has 0 N–H and O–H groups in total. The van der Waals surface area contributed by atoms with Gasteiger partial charge >= 0.3 is 0 Å². The van der Waals surface area contributed by atoms with Crippen molar-refractivity contribution in [2.75, 3.05) is 13.7 Å². The normalized spacial score (nSPS) is 8.89. The highest BCUT2D eigenvalue weighted by Crippen LogP contribution is 1.92. The number of hydrogen-bond acceptors (Lipinski definition) is 2. The fourth-order valence-electron chi connectivity index (χ4n) is 0.309. The zero-order valence-corrected chi connectivity index (χ0v) is 5.60. The number of Topliss-reactive ketones (excluding diaryl/α,β-unsaturated/α-hetero) is 1. The summed E-state index contributed by atoms with van der Waals surface area (Å²) in [6.45, 7) is 3.97. The van der Waals surface area contributed by atoms with Gasteiger partial charge in [-0.2, -0.15) is 0 Å². The van der Waals surface area contributed by atoms with Gasteiger partial charge in [-0.25, -0.2) is 0 Å². The Morgan fingerprint density at radius 3 is 2.11 bits per heavy atom. The van der Waals surface area contributed by atoms with Gasteiger partial charge in [0.05, 0.1) is 0 Å². The molecule has 0 aromatic heterocycles. The minimum absolute atomic E-state index is 0. The van der Waals surface area contributed by atoms with Crippen molar-refractivity contribution in [3.63, 3.8) is 0 Å². The first-order valence-electron chi connectivity index (χ1n) is 2.70. The van der Waals surface area contributed by atoms with Gasteiger partial charge in [0.25, 0.3) is 0 Å². The summed E-state index contributed by atoms with van der Waals surface area (Å²) in [5, 5.41) is 0. The summed E-state index contributed by atoms with van der Waals surface area (Å²) in [7, 11) is 1.53. The van der Waals surface area contributed by atoms with E-state index in [1.807, 2.05) is 13.8 Å². The lowest BCUT2D eigenvalue weighted by Crippen LogP contribution is -2.12. The van der Waals surface area contributed by atoms with Gasteiger partial charge in [-0.3, -0.25) is 4.79 Å². The maximum absolute atomic E-state index is 10.6. The Labute approximate surface area is 57.2 Å². The SMILES string of the molecule is C.COCC(=O)C(C)C. The number of ether oxygens (including phenoxy) is 1. The molecule has 0 spiro atoms. The third kappa shape index (κ3) is 5.50. The predicted molar refractivity (Wildman–Crippen MR) is 38.5 cm³/mol. The van der Waals surface area contributed by atoms with E-state index in [2.05, 4.69) is 4.74 Å². The van der Waals surface area contributed by atoms with Gasteiger partial charge < -0.3 is 4.74 Å². The molecule has 0 amide bonds. The highest BCUT2D eigenvalue weighted by molar-refractivity contribution is 5.81. The van der Waals surface area contributed by atoms with Gasteiger partial charge in [0.1, 0.15) is 6.61 Å². The minimum Gasteiger partial charge on any atom is -0.377 e. The van der Waals surface area contributed by atoms with Gasteiger partial charge in [0.15, 0.2) is 5.78 Å². The summed E-state index contributed by atoms with van der Waals surface area (Å²) >= 11 is 0.